The van der Waals surface area contributed by atoms with Gasteiger partial charge < -0.3 is 10.2 Å². The average Bonchev–Trinajstić information content (AvgIpc) is 2.85. The fourth-order valence-electron chi connectivity index (χ4n) is 1.52. The molecule has 0 saturated heterocycles. The largest absolute Gasteiger partial charge is 0.345 e. The number of carbonyl (C=O) groups is 1. The second-order valence-corrected chi connectivity index (χ2v) is 5.64. The van der Waals surface area contributed by atoms with Crippen LogP contribution in [0.15, 0.2) is 0 Å². The maximum Gasteiger partial charge on any atom is 0.223 e. The SMILES string of the molecule is CN(CC1CC1)C(=O)CCNC(C)(C)C. The Hall–Kier alpha value is -0.570. The number of hydrogen-bond donors (Lipinski definition) is 1. The van der Waals surface area contributed by atoms with E-state index in [1.807, 2.05) is 11.9 Å². The standard InChI is InChI=1S/C12H24N2O/c1-12(2,3)13-8-7-11(15)14(4)9-10-5-6-10/h10,13H,5-9H2,1-4H3. The van der Waals surface area contributed by atoms with Crippen LogP contribution in [0.5, 0.6) is 0 Å². The molecule has 1 aliphatic rings. The minimum atomic E-state index is 0.106. The Labute approximate surface area is 93.2 Å². The van der Waals surface area contributed by atoms with Crippen molar-refractivity contribution in [2.24, 2.45) is 5.92 Å². The molecule has 0 heterocycles. The van der Waals surface area contributed by atoms with E-state index < -0.39 is 0 Å². The van der Waals surface area contributed by atoms with E-state index in [0.717, 1.165) is 19.0 Å². The van der Waals surface area contributed by atoms with Gasteiger partial charge in [-0.1, -0.05) is 0 Å². The lowest BCUT2D eigenvalue weighted by molar-refractivity contribution is -0.130. The summed E-state index contributed by atoms with van der Waals surface area (Å²) in [7, 11) is 1.91. The fraction of sp³-hybridized carbons (Fsp3) is 0.917. The van der Waals surface area contributed by atoms with Crippen molar-refractivity contribution in [2.45, 2.75) is 45.6 Å². The molecule has 15 heavy (non-hydrogen) atoms. The van der Waals surface area contributed by atoms with Crippen LogP contribution in [0.25, 0.3) is 0 Å². The molecule has 1 rings (SSSR count). The van der Waals surface area contributed by atoms with Crippen LogP contribution in [-0.4, -0.2) is 36.5 Å². The molecule has 0 aliphatic heterocycles. The smallest absolute Gasteiger partial charge is 0.223 e. The molecule has 0 atom stereocenters. The van der Waals surface area contributed by atoms with E-state index in [4.69, 9.17) is 0 Å². The lowest BCUT2D eigenvalue weighted by Gasteiger charge is -2.22. The zero-order valence-electron chi connectivity index (χ0n) is 10.5. The molecule has 0 bridgehead atoms. The van der Waals surface area contributed by atoms with Crippen molar-refractivity contribution in [3.05, 3.63) is 0 Å². The molecule has 1 saturated carbocycles. The minimum Gasteiger partial charge on any atom is -0.345 e. The highest BCUT2D eigenvalue weighted by Gasteiger charge is 2.24. The monoisotopic (exact) mass is 212 g/mol. The lowest BCUT2D eigenvalue weighted by Crippen LogP contribution is -2.39. The van der Waals surface area contributed by atoms with Gasteiger partial charge in [-0.25, -0.2) is 0 Å². The van der Waals surface area contributed by atoms with Gasteiger partial charge in [-0.15, -0.1) is 0 Å². The first-order chi connectivity index (χ1) is 6.88. The summed E-state index contributed by atoms with van der Waals surface area (Å²) in [4.78, 5) is 13.6. The second kappa shape index (κ2) is 4.97. The summed E-state index contributed by atoms with van der Waals surface area (Å²) in [5.41, 5.74) is 0.106. The van der Waals surface area contributed by atoms with Gasteiger partial charge in [-0.3, -0.25) is 4.79 Å². The van der Waals surface area contributed by atoms with Gasteiger partial charge in [0.1, 0.15) is 0 Å². The van der Waals surface area contributed by atoms with Gasteiger partial charge in [0.05, 0.1) is 0 Å². The van der Waals surface area contributed by atoms with Crippen molar-refractivity contribution in [3.63, 3.8) is 0 Å². The first-order valence-electron chi connectivity index (χ1n) is 5.87. The number of rotatable bonds is 5. The molecule has 1 aliphatic carbocycles. The first-order valence-corrected chi connectivity index (χ1v) is 5.87. The van der Waals surface area contributed by atoms with Crippen molar-refractivity contribution in [1.29, 1.82) is 0 Å². The molecule has 0 unspecified atom stereocenters. The Morgan fingerprint density at radius 1 is 1.40 bits per heavy atom. The van der Waals surface area contributed by atoms with Crippen LogP contribution >= 0.6 is 0 Å². The Kier molecular flexibility index (Phi) is 4.14. The summed E-state index contributed by atoms with van der Waals surface area (Å²) in [6.07, 6.45) is 3.22. The van der Waals surface area contributed by atoms with Gasteiger partial charge >= 0.3 is 0 Å². The number of hydrogen-bond acceptors (Lipinski definition) is 2. The topological polar surface area (TPSA) is 32.3 Å². The van der Waals surface area contributed by atoms with E-state index in [1.54, 1.807) is 0 Å². The van der Waals surface area contributed by atoms with E-state index in [-0.39, 0.29) is 11.4 Å². The van der Waals surface area contributed by atoms with E-state index in [2.05, 4.69) is 26.1 Å². The zero-order chi connectivity index (χ0) is 11.5. The Morgan fingerprint density at radius 3 is 2.47 bits per heavy atom. The number of carbonyl (C=O) groups excluding carboxylic acids is 1. The highest BCUT2D eigenvalue weighted by Crippen LogP contribution is 2.29. The minimum absolute atomic E-state index is 0.106. The second-order valence-electron chi connectivity index (χ2n) is 5.64. The first kappa shape index (κ1) is 12.5. The van der Waals surface area contributed by atoms with Crippen LogP contribution in [0, 0.1) is 5.92 Å². The van der Waals surface area contributed by atoms with E-state index in [9.17, 15) is 4.79 Å². The number of nitrogens with zero attached hydrogens (tertiary/aromatic N) is 1. The maximum absolute atomic E-state index is 11.7. The molecule has 0 aromatic rings. The van der Waals surface area contributed by atoms with Crippen molar-refractivity contribution in [1.82, 2.24) is 10.2 Å². The molecule has 0 aromatic carbocycles. The molecule has 88 valence electrons. The van der Waals surface area contributed by atoms with Crippen LogP contribution in [-0.2, 0) is 4.79 Å². The molecule has 0 radical (unpaired) electrons. The van der Waals surface area contributed by atoms with Gasteiger partial charge in [0.25, 0.3) is 0 Å². The quantitative estimate of drug-likeness (QED) is 0.751. The lowest BCUT2D eigenvalue weighted by atomic mass is 10.1. The molecule has 0 aromatic heterocycles. The third-order valence-electron chi connectivity index (χ3n) is 2.65. The maximum atomic E-state index is 11.7. The summed E-state index contributed by atoms with van der Waals surface area (Å²) in [6, 6.07) is 0. The van der Waals surface area contributed by atoms with E-state index in [1.165, 1.54) is 12.8 Å². The van der Waals surface area contributed by atoms with Gasteiger partial charge in [0.15, 0.2) is 0 Å². The zero-order valence-corrected chi connectivity index (χ0v) is 10.5. The molecule has 1 amide bonds. The van der Waals surface area contributed by atoms with Crippen molar-refractivity contribution in [2.75, 3.05) is 20.1 Å². The summed E-state index contributed by atoms with van der Waals surface area (Å²) < 4.78 is 0. The van der Waals surface area contributed by atoms with Crippen molar-refractivity contribution in [3.8, 4) is 0 Å². The predicted octanol–water partition coefficient (Wildman–Crippen LogP) is 1.63. The van der Waals surface area contributed by atoms with Gasteiger partial charge in [0, 0.05) is 32.1 Å². The molecular weight excluding hydrogens is 188 g/mol. The molecule has 3 heteroatoms. The van der Waals surface area contributed by atoms with Crippen LogP contribution in [0.3, 0.4) is 0 Å². The Bertz CT molecular complexity index is 216. The third kappa shape index (κ3) is 5.78. The number of amides is 1. The molecule has 1 fully saturated rings. The number of nitrogens with one attached hydrogen (secondary N) is 1. The van der Waals surface area contributed by atoms with E-state index in [0.29, 0.717) is 6.42 Å². The van der Waals surface area contributed by atoms with Gasteiger partial charge in [0.2, 0.25) is 5.91 Å². The molecule has 0 spiro atoms. The predicted molar refractivity (Wildman–Crippen MR) is 62.7 cm³/mol. The molecule has 3 nitrogen and oxygen atoms in total. The summed E-state index contributed by atoms with van der Waals surface area (Å²) in [6.45, 7) is 8.08. The Morgan fingerprint density at radius 2 is 2.00 bits per heavy atom. The van der Waals surface area contributed by atoms with Crippen molar-refractivity contribution >= 4 is 5.91 Å². The van der Waals surface area contributed by atoms with Crippen LogP contribution in [0.4, 0.5) is 0 Å². The van der Waals surface area contributed by atoms with Gasteiger partial charge in [-0.2, -0.15) is 0 Å². The highest BCUT2D eigenvalue weighted by atomic mass is 16.2. The summed E-state index contributed by atoms with van der Waals surface area (Å²) >= 11 is 0. The summed E-state index contributed by atoms with van der Waals surface area (Å²) in [5, 5.41) is 3.33. The highest BCUT2D eigenvalue weighted by molar-refractivity contribution is 5.76. The normalized spacial score (nSPS) is 16.5. The van der Waals surface area contributed by atoms with Crippen LogP contribution in [0.1, 0.15) is 40.0 Å². The Balaban J connectivity index is 2.11. The fourth-order valence-corrected chi connectivity index (χ4v) is 1.52. The van der Waals surface area contributed by atoms with Crippen LogP contribution < -0.4 is 5.32 Å². The third-order valence-corrected chi connectivity index (χ3v) is 2.65. The molecule has 1 N–H and O–H groups in total. The summed E-state index contributed by atoms with van der Waals surface area (Å²) in [5.74, 6) is 1.05. The van der Waals surface area contributed by atoms with Gasteiger partial charge in [-0.05, 0) is 39.5 Å². The van der Waals surface area contributed by atoms with Crippen molar-refractivity contribution < 1.29 is 4.79 Å². The van der Waals surface area contributed by atoms with Crippen LogP contribution in [0.2, 0.25) is 0 Å². The molecular formula is C12H24N2O. The van der Waals surface area contributed by atoms with E-state index >= 15 is 0 Å². The average molecular weight is 212 g/mol.